The molecule has 0 aliphatic carbocycles. The van der Waals surface area contributed by atoms with E-state index in [4.69, 9.17) is 0 Å². The Morgan fingerprint density at radius 3 is 0.350 bits per heavy atom. The second-order valence-corrected chi connectivity index (χ2v) is 25.3. The first kappa shape index (κ1) is 60.4. The van der Waals surface area contributed by atoms with Crippen molar-refractivity contribution in [1.29, 1.82) is 0 Å². The van der Waals surface area contributed by atoms with E-state index in [9.17, 15) is 0 Å². The van der Waals surface area contributed by atoms with Crippen molar-refractivity contribution in [2.24, 2.45) is 0 Å². The first-order chi connectivity index (χ1) is 29.7. The summed E-state index contributed by atoms with van der Waals surface area (Å²) in [6.07, 6.45) is 82.8. The highest BCUT2D eigenvalue weighted by Gasteiger charge is 2.35. The summed E-state index contributed by atoms with van der Waals surface area (Å²) < 4.78 is 0. The van der Waals surface area contributed by atoms with Crippen molar-refractivity contribution in [2.75, 3.05) is 24.6 Å². The minimum absolute atomic E-state index is 0.823. The van der Waals surface area contributed by atoms with Crippen molar-refractivity contribution >= 4 is 7.26 Å². The highest BCUT2D eigenvalue weighted by molar-refractivity contribution is 7.75. The van der Waals surface area contributed by atoms with Crippen LogP contribution in [-0.4, -0.2) is 24.6 Å². The molecule has 0 bridgehead atoms. The fraction of sp³-hybridized carbons (Fsp3) is 1.00. The molecule has 0 rings (SSSR count). The number of rotatable bonds is 55. The Bertz CT molecular complexity index is 655. The van der Waals surface area contributed by atoms with Gasteiger partial charge in [-0.25, -0.2) is 0 Å². The monoisotopic (exact) mass is 862 g/mol. The molecule has 0 aliphatic rings. The standard InChI is InChI=1S/C59H122P/c1-5-9-13-17-21-25-29-33-37-41-45-49-53-57-60(56-52-48-44-40-36-32-28-24-20-16-12-8-4,58-54-50-46-42-38-34-30-26-22-18-14-10-6-2)59-55-51-47-43-39-35-31-27-23-19-15-11-7-3/h5-59H2,1-4H3/q+1. The molecule has 0 spiro atoms. The maximum absolute atomic E-state index is 2.34. The van der Waals surface area contributed by atoms with Crippen LogP contribution in [0, 0.1) is 0 Å². The molecule has 60 heavy (non-hydrogen) atoms. The van der Waals surface area contributed by atoms with Crippen LogP contribution in [0.15, 0.2) is 0 Å². The van der Waals surface area contributed by atoms with Gasteiger partial charge >= 0.3 is 0 Å². The zero-order chi connectivity index (χ0) is 43.4. The number of unbranched alkanes of at least 4 members (excludes halogenated alkanes) is 47. The van der Waals surface area contributed by atoms with E-state index in [2.05, 4.69) is 27.7 Å². The summed E-state index contributed by atoms with van der Waals surface area (Å²) in [4.78, 5) is 0. The molecule has 0 radical (unpaired) electrons. The smallest absolute Gasteiger partial charge is 0.0594 e. The molecule has 0 aliphatic heterocycles. The first-order valence-electron chi connectivity index (χ1n) is 29.6. The molecule has 0 aromatic carbocycles. The van der Waals surface area contributed by atoms with Gasteiger partial charge in [0.1, 0.15) is 0 Å². The zero-order valence-electron chi connectivity index (χ0n) is 43.3. The topological polar surface area (TPSA) is 0 Å². The highest BCUT2D eigenvalue weighted by Crippen LogP contribution is 2.61. The van der Waals surface area contributed by atoms with Crippen LogP contribution in [0.3, 0.4) is 0 Å². The average Bonchev–Trinajstić information content (AvgIpc) is 3.26. The molecule has 0 unspecified atom stereocenters. The predicted molar refractivity (Wildman–Crippen MR) is 285 cm³/mol. The lowest BCUT2D eigenvalue weighted by atomic mass is 10.0. The van der Waals surface area contributed by atoms with Gasteiger partial charge in [-0.1, -0.05) is 304 Å². The third-order valence-electron chi connectivity index (χ3n) is 14.7. The number of hydrogen-bond donors (Lipinski definition) is 0. The fourth-order valence-electron chi connectivity index (χ4n) is 10.4. The average molecular weight is 863 g/mol. The molecule has 362 valence electrons. The molecule has 0 atom stereocenters. The molecule has 0 saturated heterocycles. The summed E-state index contributed by atoms with van der Waals surface area (Å²) in [6.45, 7) is 9.35. The van der Waals surface area contributed by atoms with Crippen molar-refractivity contribution < 1.29 is 0 Å². The lowest BCUT2D eigenvalue weighted by Gasteiger charge is -2.28. The van der Waals surface area contributed by atoms with Gasteiger partial charge in [-0.2, -0.15) is 0 Å². The Balaban J connectivity index is 4.92. The summed E-state index contributed by atoms with van der Waals surface area (Å²) in [5.74, 6) is 0. The molecule has 0 fully saturated rings. The zero-order valence-corrected chi connectivity index (χ0v) is 44.2. The van der Waals surface area contributed by atoms with Gasteiger partial charge < -0.3 is 0 Å². The second-order valence-electron chi connectivity index (χ2n) is 20.9. The summed E-state index contributed by atoms with van der Waals surface area (Å²) in [6, 6.07) is 0. The van der Waals surface area contributed by atoms with Crippen molar-refractivity contribution in [2.45, 2.75) is 355 Å². The molecule has 0 N–H and O–H groups in total. The van der Waals surface area contributed by atoms with Crippen LogP contribution in [0.25, 0.3) is 0 Å². The molecule has 0 heterocycles. The number of hydrogen-bond acceptors (Lipinski definition) is 0. The fourth-order valence-corrected chi connectivity index (χ4v) is 15.3. The molecule has 0 aromatic rings. The van der Waals surface area contributed by atoms with E-state index in [1.165, 1.54) is 302 Å². The molecule has 0 nitrogen and oxygen atoms in total. The summed E-state index contributed by atoms with van der Waals surface area (Å²) in [5.41, 5.74) is 0. The minimum atomic E-state index is -0.823. The van der Waals surface area contributed by atoms with Gasteiger partial charge in [0.25, 0.3) is 0 Å². The van der Waals surface area contributed by atoms with E-state index in [0.717, 1.165) is 0 Å². The van der Waals surface area contributed by atoms with Crippen molar-refractivity contribution in [3.8, 4) is 0 Å². The van der Waals surface area contributed by atoms with Crippen LogP contribution in [-0.2, 0) is 0 Å². The van der Waals surface area contributed by atoms with Crippen LogP contribution in [0.4, 0.5) is 0 Å². The molecule has 0 aromatic heterocycles. The van der Waals surface area contributed by atoms with Crippen LogP contribution in [0.1, 0.15) is 355 Å². The van der Waals surface area contributed by atoms with E-state index in [0.29, 0.717) is 0 Å². The molecular weight excluding hydrogens is 740 g/mol. The van der Waals surface area contributed by atoms with E-state index >= 15 is 0 Å². The Hall–Kier alpha value is 0.430. The van der Waals surface area contributed by atoms with E-state index in [1.54, 1.807) is 50.3 Å². The molecule has 0 amide bonds. The van der Waals surface area contributed by atoms with Gasteiger partial charge in [0.15, 0.2) is 0 Å². The summed E-state index contributed by atoms with van der Waals surface area (Å²) in [7, 11) is -0.823. The largest absolute Gasteiger partial charge is 0.0654 e. The van der Waals surface area contributed by atoms with E-state index < -0.39 is 7.26 Å². The van der Waals surface area contributed by atoms with Crippen LogP contribution >= 0.6 is 7.26 Å². The second kappa shape index (κ2) is 53.8. The first-order valence-corrected chi connectivity index (χ1v) is 32.1. The minimum Gasteiger partial charge on any atom is -0.0654 e. The Labute approximate surface area is 385 Å². The summed E-state index contributed by atoms with van der Waals surface area (Å²) >= 11 is 0. The Morgan fingerprint density at radius 2 is 0.233 bits per heavy atom. The van der Waals surface area contributed by atoms with Crippen LogP contribution in [0.2, 0.25) is 0 Å². The van der Waals surface area contributed by atoms with Crippen molar-refractivity contribution in [3.63, 3.8) is 0 Å². The van der Waals surface area contributed by atoms with Gasteiger partial charge in [0.05, 0.1) is 24.6 Å². The Kier molecular flexibility index (Phi) is 54.2. The third-order valence-corrected chi connectivity index (χ3v) is 19.8. The van der Waals surface area contributed by atoms with Crippen LogP contribution < -0.4 is 0 Å². The lowest BCUT2D eigenvalue weighted by Crippen LogP contribution is -2.13. The van der Waals surface area contributed by atoms with Gasteiger partial charge in [-0.3, -0.25) is 0 Å². The van der Waals surface area contributed by atoms with Crippen LogP contribution in [0.5, 0.6) is 0 Å². The van der Waals surface area contributed by atoms with Gasteiger partial charge in [0.2, 0.25) is 0 Å². The quantitative estimate of drug-likeness (QED) is 0.0422. The van der Waals surface area contributed by atoms with E-state index in [-0.39, 0.29) is 0 Å². The predicted octanol–water partition coefficient (Wildman–Crippen LogP) is 23.0. The van der Waals surface area contributed by atoms with Gasteiger partial charge in [-0.15, -0.1) is 0 Å². The van der Waals surface area contributed by atoms with Gasteiger partial charge in [-0.05, 0) is 51.4 Å². The highest BCUT2D eigenvalue weighted by atomic mass is 31.2. The molecule has 0 saturated carbocycles. The van der Waals surface area contributed by atoms with Crippen molar-refractivity contribution in [3.05, 3.63) is 0 Å². The van der Waals surface area contributed by atoms with Gasteiger partial charge in [0, 0.05) is 7.26 Å². The molecular formula is C59H122P+. The normalized spacial score (nSPS) is 12.0. The van der Waals surface area contributed by atoms with E-state index in [1.807, 2.05) is 0 Å². The maximum Gasteiger partial charge on any atom is 0.0594 e. The maximum atomic E-state index is 2.34. The van der Waals surface area contributed by atoms with Crippen molar-refractivity contribution in [1.82, 2.24) is 0 Å². The Morgan fingerprint density at radius 1 is 0.133 bits per heavy atom. The lowest BCUT2D eigenvalue weighted by molar-refractivity contribution is 0.540. The third kappa shape index (κ3) is 47.9. The molecule has 1 heteroatoms. The summed E-state index contributed by atoms with van der Waals surface area (Å²) in [5, 5.41) is 0. The SMILES string of the molecule is CCCCCCCCCCCCCCC[P+](CCCCCCCCCCCCCC)(CCCCCCCCCCCCCCC)CCCCCCCCCCCCCCC.